The Morgan fingerprint density at radius 1 is 1.11 bits per heavy atom. The summed E-state index contributed by atoms with van der Waals surface area (Å²) in [6, 6.07) is 5.94. The highest BCUT2D eigenvalue weighted by atomic mass is 16.5. The van der Waals surface area contributed by atoms with E-state index in [1.807, 2.05) is 25.1 Å². The van der Waals surface area contributed by atoms with E-state index in [1.165, 1.54) is 0 Å². The maximum atomic E-state index is 8.62. The Hall–Kier alpha value is -1.30. The molecule has 0 atom stereocenters. The van der Waals surface area contributed by atoms with Gasteiger partial charge in [0.2, 0.25) is 0 Å². The van der Waals surface area contributed by atoms with Crippen molar-refractivity contribution in [3.8, 4) is 11.5 Å². The lowest BCUT2D eigenvalue weighted by Gasteiger charge is -2.11. The number of hydrogen-bond donors (Lipinski definition) is 3. The maximum absolute atomic E-state index is 8.62. The van der Waals surface area contributed by atoms with Crippen LogP contribution in [0.2, 0.25) is 0 Å². The van der Waals surface area contributed by atoms with Gasteiger partial charge in [0.1, 0.15) is 0 Å². The Morgan fingerprint density at radius 2 is 1.89 bits per heavy atom. The predicted molar refractivity (Wildman–Crippen MR) is 75.8 cm³/mol. The summed E-state index contributed by atoms with van der Waals surface area (Å²) in [5, 5.41) is 15.1. The molecule has 3 N–H and O–H groups in total. The van der Waals surface area contributed by atoms with Crippen LogP contribution in [0.1, 0.15) is 12.5 Å². The average Bonchev–Trinajstić information content (AvgIpc) is 2.43. The highest BCUT2D eigenvalue weighted by Gasteiger charge is 2.04. The molecule has 1 rings (SSSR count). The Labute approximate surface area is 114 Å². The quantitative estimate of drug-likeness (QED) is 0.547. The molecule has 19 heavy (non-hydrogen) atoms. The topological polar surface area (TPSA) is 62.8 Å². The summed E-state index contributed by atoms with van der Waals surface area (Å²) >= 11 is 0. The highest BCUT2D eigenvalue weighted by molar-refractivity contribution is 5.42. The summed E-state index contributed by atoms with van der Waals surface area (Å²) in [6.07, 6.45) is 0. The van der Waals surface area contributed by atoms with Gasteiger partial charge in [-0.15, -0.1) is 0 Å². The van der Waals surface area contributed by atoms with E-state index in [0.29, 0.717) is 13.2 Å². The van der Waals surface area contributed by atoms with Gasteiger partial charge in [0, 0.05) is 26.2 Å². The van der Waals surface area contributed by atoms with Crippen molar-refractivity contribution >= 4 is 0 Å². The van der Waals surface area contributed by atoms with Gasteiger partial charge in [0.15, 0.2) is 11.5 Å². The van der Waals surface area contributed by atoms with E-state index in [4.69, 9.17) is 14.6 Å². The second-order valence-corrected chi connectivity index (χ2v) is 4.07. The van der Waals surface area contributed by atoms with Gasteiger partial charge in [0.05, 0.1) is 20.3 Å². The lowest BCUT2D eigenvalue weighted by atomic mass is 10.2. The zero-order valence-electron chi connectivity index (χ0n) is 11.7. The first-order valence-corrected chi connectivity index (χ1v) is 6.63. The second kappa shape index (κ2) is 9.61. The molecule has 0 heterocycles. The third kappa shape index (κ3) is 5.92. The van der Waals surface area contributed by atoms with Crippen molar-refractivity contribution in [2.75, 3.05) is 40.0 Å². The molecule has 0 aliphatic carbocycles. The molecular weight excluding hydrogens is 244 g/mol. The molecule has 1 aromatic carbocycles. The summed E-state index contributed by atoms with van der Waals surface area (Å²) in [7, 11) is 1.64. The zero-order valence-corrected chi connectivity index (χ0v) is 11.7. The second-order valence-electron chi connectivity index (χ2n) is 4.07. The monoisotopic (exact) mass is 268 g/mol. The Kier molecular flexibility index (Phi) is 7.97. The minimum absolute atomic E-state index is 0.177. The summed E-state index contributed by atoms with van der Waals surface area (Å²) in [5.41, 5.74) is 1.16. The largest absolute Gasteiger partial charge is 0.493 e. The van der Waals surface area contributed by atoms with Crippen LogP contribution in [-0.2, 0) is 6.54 Å². The lowest BCUT2D eigenvalue weighted by molar-refractivity contribution is 0.292. The van der Waals surface area contributed by atoms with Gasteiger partial charge in [-0.3, -0.25) is 0 Å². The van der Waals surface area contributed by atoms with E-state index in [-0.39, 0.29) is 6.61 Å². The van der Waals surface area contributed by atoms with E-state index in [2.05, 4.69) is 10.6 Å². The van der Waals surface area contributed by atoms with Crippen molar-refractivity contribution in [1.29, 1.82) is 0 Å². The van der Waals surface area contributed by atoms with Crippen LogP contribution in [0.4, 0.5) is 0 Å². The molecule has 5 heteroatoms. The number of aliphatic hydroxyl groups excluding tert-OH is 1. The van der Waals surface area contributed by atoms with Crippen LogP contribution < -0.4 is 20.1 Å². The van der Waals surface area contributed by atoms with Crippen molar-refractivity contribution in [3.05, 3.63) is 23.8 Å². The number of rotatable bonds is 10. The minimum Gasteiger partial charge on any atom is -0.493 e. The molecule has 0 radical (unpaired) electrons. The van der Waals surface area contributed by atoms with Crippen LogP contribution in [0, 0.1) is 0 Å². The van der Waals surface area contributed by atoms with E-state index >= 15 is 0 Å². The molecule has 0 saturated carbocycles. The molecule has 0 saturated heterocycles. The number of hydrogen-bond acceptors (Lipinski definition) is 5. The summed E-state index contributed by atoms with van der Waals surface area (Å²) < 4.78 is 10.8. The molecule has 0 aliphatic rings. The van der Waals surface area contributed by atoms with E-state index in [9.17, 15) is 0 Å². The first-order valence-electron chi connectivity index (χ1n) is 6.63. The molecule has 0 fully saturated rings. The van der Waals surface area contributed by atoms with Gasteiger partial charge in [0.25, 0.3) is 0 Å². The maximum Gasteiger partial charge on any atom is 0.161 e. The molecule has 1 aromatic rings. The van der Waals surface area contributed by atoms with Crippen LogP contribution in [0.15, 0.2) is 18.2 Å². The van der Waals surface area contributed by atoms with Gasteiger partial charge in [-0.2, -0.15) is 0 Å². The number of methoxy groups -OCH3 is 1. The third-order valence-electron chi connectivity index (χ3n) is 2.62. The number of aliphatic hydroxyl groups is 1. The fourth-order valence-corrected chi connectivity index (χ4v) is 1.71. The fraction of sp³-hybridized carbons (Fsp3) is 0.571. The molecule has 0 amide bonds. The zero-order chi connectivity index (χ0) is 13.9. The van der Waals surface area contributed by atoms with Gasteiger partial charge in [-0.05, 0) is 24.6 Å². The number of benzene rings is 1. The molecule has 108 valence electrons. The first kappa shape index (κ1) is 15.8. The van der Waals surface area contributed by atoms with Crippen LogP contribution in [-0.4, -0.2) is 45.1 Å². The van der Waals surface area contributed by atoms with Crippen molar-refractivity contribution in [1.82, 2.24) is 10.6 Å². The Morgan fingerprint density at radius 3 is 2.58 bits per heavy atom. The van der Waals surface area contributed by atoms with Crippen LogP contribution in [0.25, 0.3) is 0 Å². The molecule has 0 spiro atoms. The average molecular weight is 268 g/mol. The van der Waals surface area contributed by atoms with Gasteiger partial charge in [-0.25, -0.2) is 0 Å². The van der Waals surface area contributed by atoms with Crippen molar-refractivity contribution in [2.24, 2.45) is 0 Å². The summed E-state index contributed by atoms with van der Waals surface area (Å²) in [4.78, 5) is 0. The van der Waals surface area contributed by atoms with Crippen LogP contribution in [0.3, 0.4) is 0 Å². The summed E-state index contributed by atoms with van der Waals surface area (Å²) in [5.74, 6) is 1.54. The standard InChI is InChI=1S/C14H24N2O3/c1-3-19-14-10-12(4-5-13(14)18-2)11-16-7-6-15-8-9-17/h4-5,10,15-17H,3,6-9,11H2,1-2H3. The fourth-order valence-electron chi connectivity index (χ4n) is 1.71. The van der Waals surface area contributed by atoms with Gasteiger partial charge >= 0.3 is 0 Å². The van der Waals surface area contributed by atoms with Crippen molar-refractivity contribution in [3.63, 3.8) is 0 Å². The molecule has 0 aromatic heterocycles. The van der Waals surface area contributed by atoms with E-state index < -0.39 is 0 Å². The normalized spacial score (nSPS) is 10.5. The lowest BCUT2D eigenvalue weighted by Crippen LogP contribution is -2.28. The van der Waals surface area contributed by atoms with Crippen molar-refractivity contribution < 1.29 is 14.6 Å². The SMILES string of the molecule is CCOc1cc(CNCCNCCO)ccc1OC. The van der Waals surface area contributed by atoms with E-state index in [0.717, 1.165) is 36.7 Å². The first-order chi connectivity index (χ1) is 9.31. The summed E-state index contributed by atoms with van der Waals surface area (Å²) in [6.45, 7) is 5.88. The predicted octanol–water partition coefficient (Wildman–Crippen LogP) is 0.765. The Balaban J connectivity index is 2.39. The van der Waals surface area contributed by atoms with Gasteiger partial charge < -0.3 is 25.2 Å². The number of nitrogens with one attached hydrogen (secondary N) is 2. The third-order valence-corrected chi connectivity index (χ3v) is 2.62. The van der Waals surface area contributed by atoms with Crippen LogP contribution >= 0.6 is 0 Å². The minimum atomic E-state index is 0.177. The Bertz CT molecular complexity index is 359. The highest BCUT2D eigenvalue weighted by Crippen LogP contribution is 2.27. The van der Waals surface area contributed by atoms with Crippen molar-refractivity contribution in [2.45, 2.75) is 13.5 Å². The smallest absolute Gasteiger partial charge is 0.161 e. The molecule has 0 bridgehead atoms. The molecule has 0 aliphatic heterocycles. The van der Waals surface area contributed by atoms with Crippen LogP contribution in [0.5, 0.6) is 11.5 Å². The molecule has 5 nitrogen and oxygen atoms in total. The molecule has 0 unspecified atom stereocenters. The van der Waals surface area contributed by atoms with Gasteiger partial charge in [-0.1, -0.05) is 6.07 Å². The molecular formula is C14H24N2O3. The number of ether oxygens (including phenoxy) is 2. The van der Waals surface area contributed by atoms with E-state index in [1.54, 1.807) is 7.11 Å².